The second-order valence-corrected chi connectivity index (χ2v) is 4.56. The summed E-state index contributed by atoms with van der Waals surface area (Å²) in [5.41, 5.74) is 7.73. The first-order valence-corrected chi connectivity index (χ1v) is 6.75. The van der Waals surface area contributed by atoms with E-state index in [9.17, 15) is 0 Å². The molecule has 0 fully saturated rings. The average molecular weight is 280 g/mol. The molecule has 0 aliphatic carbocycles. The topological polar surface area (TPSA) is 66.0 Å². The van der Waals surface area contributed by atoms with Gasteiger partial charge >= 0.3 is 6.01 Å². The zero-order chi connectivity index (χ0) is 14.5. The van der Waals surface area contributed by atoms with E-state index in [1.165, 1.54) is 0 Å². The predicted molar refractivity (Wildman–Crippen MR) is 80.2 cm³/mol. The van der Waals surface area contributed by atoms with Crippen molar-refractivity contribution in [3.05, 3.63) is 72.6 Å². The average Bonchev–Trinajstić information content (AvgIpc) is 3.03. The lowest BCUT2D eigenvalue weighted by molar-refractivity contribution is 0.196. The largest absolute Gasteiger partial charge is 0.453 e. The van der Waals surface area contributed by atoms with Crippen molar-refractivity contribution in [2.45, 2.75) is 6.10 Å². The van der Waals surface area contributed by atoms with Gasteiger partial charge in [-0.25, -0.2) is 4.68 Å². The molecule has 5 nitrogen and oxygen atoms in total. The summed E-state index contributed by atoms with van der Waals surface area (Å²) in [4.78, 5) is 4.18. The van der Waals surface area contributed by atoms with Crippen LogP contribution < -0.4 is 10.5 Å². The second-order valence-electron chi connectivity index (χ2n) is 4.56. The van der Waals surface area contributed by atoms with E-state index >= 15 is 0 Å². The van der Waals surface area contributed by atoms with Crippen LogP contribution in [0, 0.1) is 0 Å². The molecule has 0 spiro atoms. The maximum atomic E-state index is 5.78. The van der Waals surface area contributed by atoms with Crippen LogP contribution in [0.3, 0.4) is 0 Å². The van der Waals surface area contributed by atoms with E-state index in [0.717, 1.165) is 11.3 Å². The van der Waals surface area contributed by atoms with Gasteiger partial charge in [0.2, 0.25) is 0 Å². The lowest BCUT2D eigenvalue weighted by Crippen LogP contribution is -2.19. The van der Waals surface area contributed by atoms with E-state index in [4.69, 9.17) is 10.5 Å². The Kier molecular flexibility index (Phi) is 3.93. The molecular formula is C16H16N4O. The molecule has 0 aliphatic rings. The van der Waals surface area contributed by atoms with Gasteiger partial charge in [0.25, 0.3) is 0 Å². The zero-order valence-corrected chi connectivity index (χ0v) is 11.5. The first-order chi connectivity index (χ1) is 10.4. The van der Waals surface area contributed by atoms with E-state index in [-0.39, 0.29) is 6.10 Å². The highest BCUT2D eigenvalue weighted by Crippen LogP contribution is 2.18. The molecule has 1 unspecified atom stereocenters. The fourth-order valence-corrected chi connectivity index (χ4v) is 2.05. The highest BCUT2D eigenvalue weighted by atomic mass is 16.5. The maximum absolute atomic E-state index is 5.78. The van der Waals surface area contributed by atoms with E-state index < -0.39 is 0 Å². The van der Waals surface area contributed by atoms with Crippen molar-refractivity contribution in [1.29, 1.82) is 0 Å². The molecule has 106 valence electrons. The first-order valence-electron chi connectivity index (χ1n) is 6.75. The van der Waals surface area contributed by atoms with Crippen LogP contribution in [0.1, 0.15) is 11.7 Å². The summed E-state index contributed by atoms with van der Waals surface area (Å²) in [5.74, 6) is 0. The normalized spacial score (nSPS) is 12.0. The number of nitrogens with zero attached hydrogens (tertiary/aromatic N) is 3. The van der Waals surface area contributed by atoms with Gasteiger partial charge in [-0.05, 0) is 17.7 Å². The van der Waals surface area contributed by atoms with Gasteiger partial charge in [-0.1, -0.05) is 48.5 Å². The van der Waals surface area contributed by atoms with E-state index in [0.29, 0.717) is 12.6 Å². The summed E-state index contributed by atoms with van der Waals surface area (Å²) >= 11 is 0. The van der Waals surface area contributed by atoms with Gasteiger partial charge in [0, 0.05) is 6.54 Å². The van der Waals surface area contributed by atoms with Gasteiger partial charge in [0.15, 0.2) is 0 Å². The molecule has 5 heteroatoms. The summed E-state index contributed by atoms with van der Waals surface area (Å²) in [6.45, 7) is 0.365. The monoisotopic (exact) mass is 280 g/mol. The van der Waals surface area contributed by atoms with E-state index in [1.807, 2.05) is 60.7 Å². The van der Waals surface area contributed by atoms with Gasteiger partial charge in [0.1, 0.15) is 12.4 Å². The number of nitrogens with two attached hydrogens (primary N) is 1. The Bertz CT molecular complexity index is 682. The second kappa shape index (κ2) is 6.19. The molecule has 0 bridgehead atoms. The molecule has 0 amide bonds. The molecule has 2 N–H and O–H groups in total. The minimum Gasteiger partial charge on any atom is -0.453 e. The van der Waals surface area contributed by atoms with E-state index in [2.05, 4.69) is 10.1 Å². The molecular weight excluding hydrogens is 264 g/mol. The number of hydrogen-bond acceptors (Lipinski definition) is 4. The molecule has 0 saturated carbocycles. The van der Waals surface area contributed by atoms with Crippen molar-refractivity contribution in [1.82, 2.24) is 14.8 Å². The number of para-hydroxylation sites is 1. The third kappa shape index (κ3) is 3.09. The van der Waals surface area contributed by atoms with Crippen molar-refractivity contribution in [2.24, 2.45) is 5.73 Å². The molecule has 3 rings (SSSR count). The molecule has 0 radical (unpaired) electrons. The predicted octanol–water partition coefficient (Wildman–Crippen LogP) is 2.35. The quantitative estimate of drug-likeness (QED) is 0.779. The number of benzene rings is 2. The van der Waals surface area contributed by atoms with Crippen molar-refractivity contribution in [3.63, 3.8) is 0 Å². The zero-order valence-electron chi connectivity index (χ0n) is 11.5. The summed E-state index contributed by atoms with van der Waals surface area (Å²) in [5, 5.41) is 4.32. The molecule has 3 aromatic rings. The lowest BCUT2D eigenvalue weighted by atomic mass is 10.1. The van der Waals surface area contributed by atoms with Crippen molar-refractivity contribution in [3.8, 4) is 11.7 Å². The lowest BCUT2D eigenvalue weighted by Gasteiger charge is -2.14. The highest BCUT2D eigenvalue weighted by Gasteiger charge is 2.14. The molecule has 0 aliphatic heterocycles. The van der Waals surface area contributed by atoms with Crippen LogP contribution in [0.4, 0.5) is 0 Å². The van der Waals surface area contributed by atoms with Crippen molar-refractivity contribution in [2.75, 3.05) is 6.54 Å². The van der Waals surface area contributed by atoms with Crippen LogP contribution in [-0.4, -0.2) is 21.3 Å². The number of ether oxygens (including phenoxy) is 1. The first kappa shape index (κ1) is 13.3. The van der Waals surface area contributed by atoms with Crippen molar-refractivity contribution >= 4 is 0 Å². The standard InChI is InChI=1S/C16H16N4O/c17-11-15(13-7-3-1-4-8-13)21-16-18-12-20(19-16)14-9-5-2-6-10-14/h1-10,12,15H,11,17H2. The van der Waals surface area contributed by atoms with Gasteiger partial charge in [0.05, 0.1) is 5.69 Å². The Morgan fingerprint density at radius 1 is 1.00 bits per heavy atom. The SMILES string of the molecule is NCC(Oc1ncn(-c2ccccc2)n1)c1ccccc1. The van der Waals surface area contributed by atoms with Crippen molar-refractivity contribution < 1.29 is 4.74 Å². The molecule has 21 heavy (non-hydrogen) atoms. The van der Waals surface area contributed by atoms with E-state index in [1.54, 1.807) is 11.0 Å². The third-order valence-electron chi connectivity index (χ3n) is 3.12. The molecule has 0 saturated heterocycles. The Morgan fingerprint density at radius 2 is 1.67 bits per heavy atom. The van der Waals surface area contributed by atoms with Crippen LogP contribution in [0.5, 0.6) is 6.01 Å². The number of rotatable bonds is 5. The highest BCUT2D eigenvalue weighted by molar-refractivity contribution is 5.29. The van der Waals surface area contributed by atoms with Crippen LogP contribution >= 0.6 is 0 Å². The smallest absolute Gasteiger partial charge is 0.336 e. The molecule has 1 aromatic heterocycles. The summed E-state index contributed by atoms with van der Waals surface area (Å²) in [6.07, 6.45) is 1.38. The Hall–Kier alpha value is -2.66. The fraction of sp³-hybridized carbons (Fsp3) is 0.125. The fourth-order valence-electron chi connectivity index (χ4n) is 2.05. The van der Waals surface area contributed by atoms with Crippen LogP contribution in [-0.2, 0) is 0 Å². The molecule has 1 heterocycles. The minimum absolute atomic E-state index is 0.252. The van der Waals surface area contributed by atoms with Crippen LogP contribution in [0.2, 0.25) is 0 Å². The minimum atomic E-state index is -0.252. The van der Waals surface area contributed by atoms with Gasteiger partial charge in [-0.3, -0.25) is 0 Å². The third-order valence-corrected chi connectivity index (χ3v) is 3.12. The van der Waals surface area contributed by atoms with Crippen LogP contribution in [0.15, 0.2) is 67.0 Å². The van der Waals surface area contributed by atoms with Gasteiger partial charge < -0.3 is 10.5 Å². The molecule has 2 aromatic carbocycles. The Labute approximate surface area is 123 Å². The van der Waals surface area contributed by atoms with Gasteiger partial charge in [-0.2, -0.15) is 4.98 Å². The number of hydrogen-bond donors (Lipinski definition) is 1. The van der Waals surface area contributed by atoms with Gasteiger partial charge in [-0.15, -0.1) is 5.10 Å². The summed E-state index contributed by atoms with van der Waals surface area (Å²) < 4.78 is 7.46. The maximum Gasteiger partial charge on any atom is 0.336 e. The van der Waals surface area contributed by atoms with Crippen LogP contribution in [0.25, 0.3) is 5.69 Å². The summed E-state index contributed by atoms with van der Waals surface area (Å²) in [6, 6.07) is 19.9. The Balaban J connectivity index is 1.78. The molecule has 1 atom stereocenters. The number of aromatic nitrogens is 3. The summed E-state index contributed by atoms with van der Waals surface area (Å²) in [7, 11) is 0. The Morgan fingerprint density at radius 3 is 2.33 bits per heavy atom.